The molecule has 2 amide bonds. The van der Waals surface area contributed by atoms with Crippen molar-refractivity contribution < 1.29 is 22.8 Å². The minimum atomic E-state index is -4.42. The van der Waals surface area contributed by atoms with Crippen LogP contribution in [0.1, 0.15) is 42.6 Å². The predicted molar refractivity (Wildman–Crippen MR) is 120 cm³/mol. The van der Waals surface area contributed by atoms with Crippen LogP contribution in [0.15, 0.2) is 42.6 Å². The minimum Gasteiger partial charge on any atom is -0.356 e. The molecule has 1 aliphatic rings. The molecule has 1 saturated heterocycles. The number of aromatic nitrogens is 1. The quantitative estimate of drug-likeness (QED) is 0.644. The van der Waals surface area contributed by atoms with Gasteiger partial charge in [-0.15, -0.1) is 0 Å². The number of nitrogens with one attached hydrogen (secondary N) is 2. The van der Waals surface area contributed by atoms with Gasteiger partial charge in [-0.3, -0.25) is 9.59 Å². The highest BCUT2D eigenvalue weighted by Gasteiger charge is 2.32. The van der Waals surface area contributed by atoms with E-state index in [2.05, 4.69) is 15.6 Å². The Labute approximate surface area is 195 Å². The number of hydrogen-bond acceptors (Lipinski definition) is 4. The standard InChI is InChI=1S/C23H26ClF3N4O2/c1-14(2)20(30-21(32)17-5-3-4-6-18(17)24)22(33)29-16-9-11-31(12-10-16)19-8-7-15(13-28-19)23(25,26)27/h3-8,13-14,16,20H,9-12H2,1-2H3,(H,29,33)(H,30,32). The lowest BCUT2D eigenvalue weighted by Gasteiger charge is -2.34. The van der Waals surface area contributed by atoms with E-state index in [1.807, 2.05) is 18.7 Å². The van der Waals surface area contributed by atoms with Gasteiger partial charge in [0, 0.05) is 25.3 Å². The normalized spacial score (nSPS) is 15.9. The average Bonchev–Trinajstić information content (AvgIpc) is 2.77. The molecule has 1 fully saturated rings. The van der Waals surface area contributed by atoms with E-state index in [1.54, 1.807) is 24.3 Å². The van der Waals surface area contributed by atoms with Crippen LogP contribution in [-0.4, -0.2) is 42.0 Å². The van der Waals surface area contributed by atoms with Crippen molar-refractivity contribution in [3.63, 3.8) is 0 Å². The number of alkyl halides is 3. The van der Waals surface area contributed by atoms with Crippen LogP contribution in [0.4, 0.5) is 19.0 Å². The Balaban J connectivity index is 1.55. The van der Waals surface area contributed by atoms with Crippen LogP contribution in [0.3, 0.4) is 0 Å². The third-order valence-corrected chi connectivity index (χ3v) is 5.92. The first-order valence-electron chi connectivity index (χ1n) is 10.7. The third-order valence-electron chi connectivity index (χ3n) is 5.59. The van der Waals surface area contributed by atoms with Gasteiger partial charge in [0.15, 0.2) is 0 Å². The zero-order valence-corrected chi connectivity index (χ0v) is 19.1. The highest BCUT2D eigenvalue weighted by Crippen LogP contribution is 2.29. The summed E-state index contributed by atoms with van der Waals surface area (Å²) in [5, 5.41) is 6.07. The number of nitrogens with zero attached hydrogens (tertiary/aromatic N) is 2. The highest BCUT2D eigenvalue weighted by atomic mass is 35.5. The maximum Gasteiger partial charge on any atom is 0.417 e. The molecular formula is C23H26ClF3N4O2. The first kappa shape index (κ1) is 24.8. The van der Waals surface area contributed by atoms with Gasteiger partial charge in [0.05, 0.1) is 16.1 Å². The smallest absolute Gasteiger partial charge is 0.356 e. The molecule has 1 atom stereocenters. The summed E-state index contributed by atoms with van der Waals surface area (Å²) in [5.74, 6) is -0.373. The number of carbonyl (C=O) groups excluding carboxylic acids is 2. The van der Waals surface area contributed by atoms with Crippen LogP contribution >= 0.6 is 11.6 Å². The molecule has 0 bridgehead atoms. The predicted octanol–water partition coefficient (Wildman–Crippen LogP) is 4.29. The lowest BCUT2D eigenvalue weighted by atomic mass is 10.00. The van der Waals surface area contributed by atoms with Crippen molar-refractivity contribution in [3.8, 4) is 0 Å². The lowest BCUT2D eigenvalue weighted by Crippen LogP contribution is -2.54. The SMILES string of the molecule is CC(C)C(NC(=O)c1ccccc1Cl)C(=O)NC1CCN(c2ccc(C(F)(F)F)cn2)CC1. The largest absolute Gasteiger partial charge is 0.417 e. The molecule has 0 radical (unpaired) electrons. The molecule has 0 spiro atoms. The monoisotopic (exact) mass is 482 g/mol. The van der Waals surface area contributed by atoms with Crippen LogP contribution < -0.4 is 15.5 Å². The molecular weight excluding hydrogens is 457 g/mol. The molecule has 1 aromatic heterocycles. The van der Waals surface area contributed by atoms with E-state index in [4.69, 9.17) is 11.6 Å². The Morgan fingerprint density at radius 3 is 2.33 bits per heavy atom. The molecule has 6 nitrogen and oxygen atoms in total. The third kappa shape index (κ3) is 6.37. The van der Waals surface area contributed by atoms with Crippen LogP contribution in [0.5, 0.6) is 0 Å². The van der Waals surface area contributed by atoms with Gasteiger partial charge in [-0.25, -0.2) is 4.98 Å². The number of amides is 2. The van der Waals surface area contributed by atoms with Crippen LogP contribution in [-0.2, 0) is 11.0 Å². The summed E-state index contributed by atoms with van der Waals surface area (Å²) < 4.78 is 38.2. The Morgan fingerprint density at radius 2 is 1.79 bits per heavy atom. The first-order chi connectivity index (χ1) is 15.6. The van der Waals surface area contributed by atoms with Crippen molar-refractivity contribution in [2.75, 3.05) is 18.0 Å². The van der Waals surface area contributed by atoms with Gasteiger partial charge in [0.2, 0.25) is 5.91 Å². The zero-order valence-electron chi connectivity index (χ0n) is 18.3. The molecule has 2 N–H and O–H groups in total. The van der Waals surface area contributed by atoms with Crippen molar-refractivity contribution >= 4 is 29.2 Å². The number of pyridine rings is 1. The maximum absolute atomic E-state index is 12.9. The number of rotatable bonds is 6. The average molecular weight is 483 g/mol. The molecule has 1 unspecified atom stereocenters. The van der Waals surface area contributed by atoms with Crippen LogP contribution in [0.2, 0.25) is 5.02 Å². The number of halogens is 4. The molecule has 2 aromatic rings. The fourth-order valence-electron chi connectivity index (χ4n) is 3.68. The van der Waals surface area contributed by atoms with Crippen LogP contribution in [0, 0.1) is 5.92 Å². The van der Waals surface area contributed by atoms with Crippen molar-refractivity contribution in [1.82, 2.24) is 15.6 Å². The second-order valence-electron chi connectivity index (χ2n) is 8.35. The minimum absolute atomic E-state index is 0.110. The summed E-state index contributed by atoms with van der Waals surface area (Å²) >= 11 is 6.09. The van der Waals surface area contributed by atoms with Gasteiger partial charge in [0.25, 0.3) is 5.91 Å². The first-order valence-corrected chi connectivity index (χ1v) is 11.1. The van der Waals surface area contributed by atoms with E-state index in [-0.39, 0.29) is 17.9 Å². The molecule has 3 rings (SSSR count). The number of piperidine rings is 1. The molecule has 2 heterocycles. The van der Waals surface area contributed by atoms with Gasteiger partial charge >= 0.3 is 6.18 Å². The maximum atomic E-state index is 12.9. The summed E-state index contributed by atoms with van der Waals surface area (Å²) in [7, 11) is 0. The Morgan fingerprint density at radius 1 is 1.12 bits per heavy atom. The Bertz CT molecular complexity index is 974. The second kappa shape index (κ2) is 10.4. The van der Waals surface area contributed by atoms with Crippen molar-refractivity contribution in [2.45, 2.75) is 44.9 Å². The summed E-state index contributed by atoms with van der Waals surface area (Å²) in [4.78, 5) is 31.3. The molecule has 1 aliphatic heterocycles. The van der Waals surface area contributed by atoms with E-state index in [0.717, 1.165) is 12.3 Å². The fraction of sp³-hybridized carbons (Fsp3) is 0.435. The number of carbonyl (C=O) groups is 2. The van der Waals surface area contributed by atoms with Gasteiger partial charge in [-0.2, -0.15) is 13.2 Å². The van der Waals surface area contributed by atoms with Crippen LogP contribution in [0.25, 0.3) is 0 Å². The molecule has 178 valence electrons. The highest BCUT2D eigenvalue weighted by molar-refractivity contribution is 6.33. The summed E-state index contributed by atoms with van der Waals surface area (Å²) in [6.07, 6.45) is -2.37. The zero-order chi connectivity index (χ0) is 24.2. The molecule has 0 saturated carbocycles. The fourth-order valence-corrected chi connectivity index (χ4v) is 3.91. The number of benzene rings is 1. The molecule has 0 aliphatic carbocycles. The van der Waals surface area contributed by atoms with E-state index < -0.39 is 23.7 Å². The molecule has 33 heavy (non-hydrogen) atoms. The van der Waals surface area contributed by atoms with Gasteiger partial charge in [0.1, 0.15) is 11.9 Å². The topological polar surface area (TPSA) is 74.3 Å². The van der Waals surface area contributed by atoms with E-state index in [1.165, 1.54) is 6.07 Å². The molecule has 10 heteroatoms. The van der Waals surface area contributed by atoms with E-state index >= 15 is 0 Å². The number of anilines is 1. The van der Waals surface area contributed by atoms with Crippen molar-refractivity contribution in [1.29, 1.82) is 0 Å². The van der Waals surface area contributed by atoms with Crippen molar-refractivity contribution in [2.24, 2.45) is 5.92 Å². The Hall–Kier alpha value is -2.81. The van der Waals surface area contributed by atoms with E-state index in [0.29, 0.717) is 42.3 Å². The van der Waals surface area contributed by atoms with Crippen molar-refractivity contribution in [3.05, 3.63) is 58.7 Å². The van der Waals surface area contributed by atoms with Gasteiger partial charge < -0.3 is 15.5 Å². The second-order valence-corrected chi connectivity index (χ2v) is 8.75. The van der Waals surface area contributed by atoms with Gasteiger partial charge in [-0.1, -0.05) is 37.6 Å². The number of hydrogen-bond donors (Lipinski definition) is 2. The summed E-state index contributed by atoms with van der Waals surface area (Å²) in [6, 6.07) is 8.16. The summed E-state index contributed by atoms with van der Waals surface area (Å²) in [6.45, 7) is 4.77. The summed E-state index contributed by atoms with van der Waals surface area (Å²) in [5.41, 5.74) is -0.484. The van der Waals surface area contributed by atoms with Gasteiger partial charge in [-0.05, 0) is 43.0 Å². The van der Waals surface area contributed by atoms with E-state index in [9.17, 15) is 22.8 Å². The lowest BCUT2D eigenvalue weighted by molar-refractivity contribution is -0.137. The Kier molecular flexibility index (Phi) is 7.84. The molecule has 1 aromatic carbocycles.